The number of halogens is 1. The number of aromatic nitrogens is 1. The molecule has 0 radical (unpaired) electrons. The van der Waals surface area contributed by atoms with E-state index < -0.39 is 0 Å². The molecule has 206 valence electrons. The van der Waals surface area contributed by atoms with Crippen molar-refractivity contribution in [2.75, 3.05) is 44.3 Å². The van der Waals surface area contributed by atoms with Crippen molar-refractivity contribution in [1.29, 1.82) is 0 Å². The van der Waals surface area contributed by atoms with Crippen molar-refractivity contribution in [2.45, 2.75) is 52.1 Å². The van der Waals surface area contributed by atoms with E-state index in [-0.39, 0.29) is 17.7 Å². The summed E-state index contributed by atoms with van der Waals surface area (Å²) in [7, 11) is 0. The predicted octanol–water partition coefficient (Wildman–Crippen LogP) is 3.63. The van der Waals surface area contributed by atoms with Gasteiger partial charge in [-0.25, -0.2) is 4.98 Å². The van der Waals surface area contributed by atoms with E-state index in [2.05, 4.69) is 10.2 Å². The first-order valence-corrected chi connectivity index (χ1v) is 13.9. The maximum absolute atomic E-state index is 13.1. The van der Waals surface area contributed by atoms with E-state index in [9.17, 15) is 9.59 Å². The third-order valence-electron chi connectivity index (χ3n) is 7.24. The van der Waals surface area contributed by atoms with E-state index in [4.69, 9.17) is 31.8 Å². The van der Waals surface area contributed by atoms with Gasteiger partial charge in [0, 0.05) is 37.8 Å². The summed E-state index contributed by atoms with van der Waals surface area (Å²) >= 11 is 6.53. The number of rotatable bonds is 10. The minimum Gasteiger partial charge on any atom is -0.492 e. The maximum atomic E-state index is 13.1. The number of nitrogens with two attached hydrogens (primary N) is 1. The van der Waals surface area contributed by atoms with Gasteiger partial charge in [0.05, 0.1) is 18.8 Å². The second-order valence-corrected chi connectivity index (χ2v) is 10.1. The Morgan fingerprint density at radius 3 is 2.24 bits per heavy atom. The van der Waals surface area contributed by atoms with Crippen LogP contribution in [0, 0.1) is 5.92 Å². The fourth-order valence-electron chi connectivity index (χ4n) is 5.18. The highest BCUT2D eigenvalue weighted by Gasteiger charge is 2.28. The molecule has 0 aliphatic carbocycles. The molecule has 3 N–H and O–H groups in total. The normalized spacial score (nSPS) is 16.8. The maximum Gasteiger partial charge on any atom is 0.255 e. The summed E-state index contributed by atoms with van der Waals surface area (Å²) in [5.74, 6) is 1.51. The first-order valence-electron chi connectivity index (χ1n) is 13.5. The van der Waals surface area contributed by atoms with Crippen LogP contribution in [0.2, 0.25) is 5.02 Å². The minimum atomic E-state index is -0.288. The van der Waals surface area contributed by atoms with Crippen LogP contribution in [-0.4, -0.2) is 67.1 Å². The Labute approximate surface area is 229 Å². The van der Waals surface area contributed by atoms with Crippen molar-refractivity contribution in [3.8, 4) is 11.5 Å². The molecule has 3 heterocycles. The van der Waals surface area contributed by atoms with E-state index in [1.165, 1.54) is 0 Å². The number of pyridine rings is 1. The van der Waals surface area contributed by atoms with Crippen LogP contribution in [-0.2, 0) is 11.3 Å². The van der Waals surface area contributed by atoms with Crippen molar-refractivity contribution in [2.24, 2.45) is 11.7 Å². The van der Waals surface area contributed by atoms with Crippen molar-refractivity contribution in [3.05, 3.63) is 46.6 Å². The van der Waals surface area contributed by atoms with Crippen LogP contribution in [0.5, 0.6) is 11.5 Å². The van der Waals surface area contributed by atoms with Gasteiger partial charge in [0.15, 0.2) is 0 Å². The number of primary amides is 1. The molecule has 0 atom stereocenters. The molecule has 2 aromatic rings. The predicted molar refractivity (Wildman–Crippen MR) is 148 cm³/mol. The van der Waals surface area contributed by atoms with Gasteiger partial charge in [0.1, 0.15) is 22.3 Å². The molecule has 1 aromatic heterocycles. The van der Waals surface area contributed by atoms with Gasteiger partial charge in [0.25, 0.3) is 5.91 Å². The Kier molecular flexibility index (Phi) is 9.69. The number of amides is 2. The highest BCUT2D eigenvalue weighted by atomic mass is 35.5. The van der Waals surface area contributed by atoms with Gasteiger partial charge in [-0.2, -0.15) is 0 Å². The number of hydrogen-bond acceptors (Lipinski definition) is 7. The number of piperidine rings is 2. The first-order chi connectivity index (χ1) is 18.4. The Balaban J connectivity index is 1.55. The molecule has 2 aliphatic heterocycles. The highest BCUT2D eigenvalue weighted by molar-refractivity contribution is 6.33. The van der Waals surface area contributed by atoms with Gasteiger partial charge in [-0.05, 0) is 82.4 Å². The molecule has 0 unspecified atom stereocenters. The average molecular weight is 544 g/mol. The van der Waals surface area contributed by atoms with Gasteiger partial charge in [0.2, 0.25) is 5.91 Å². The zero-order chi connectivity index (χ0) is 27.1. The molecule has 0 bridgehead atoms. The van der Waals surface area contributed by atoms with Gasteiger partial charge in [-0.1, -0.05) is 11.6 Å². The van der Waals surface area contributed by atoms with Crippen LogP contribution in [0.1, 0.15) is 55.5 Å². The van der Waals surface area contributed by atoms with E-state index in [1.807, 2.05) is 38.1 Å². The Bertz CT molecular complexity index is 1070. The number of nitrogens with zero attached hydrogens (tertiary/aromatic N) is 3. The molecule has 0 spiro atoms. The van der Waals surface area contributed by atoms with Crippen molar-refractivity contribution < 1.29 is 19.1 Å². The molecule has 2 saturated heterocycles. The average Bonchev–Trinajstić information content (AvgIpc) is 2.94. The van der Waals surface area contributed by atoms with E-state index >= 15 is 0 Å². The summed E-state index contributed by atoms with van der Waals surface area (Å²) in [5.41, 5.74) is 6.99. The lowest BCUT2D eigenvalue weighted by atomic mass is 9.96. The summed E-state index contributed by atoms with van der Waals surface area (Å²) in [6.07, 6.45) is 4.84. The quantitative estimate of drug-likeness (QED) is 0.471. The second-order valence-electron chi connectivity index (χ2n) is 9.76. The fraction of sp³-hybridized carbons (Fsp3) is 0.536. The molecule has 10 heteroatoms. The minimum absolute atomic E-state index is 0.0687. The summed E-state index contributed by atoms with van der Waals surface area (Å²) in [6, 6.07) is 8.00. The smallest absolute Gasteiger partial charge is 0.255 e. The van der Waals surface area contributed by atoms with E-state index in [1.54, 1.807) is 11.1 Å². The second kappa shape index (κ2) is 13.2. The lowest BCUT2D eigenvalue weighted by Crippen LogP contribution is -2.43. The van der Waals surface area contributed by atoms with Crippen LogP contribution in [0.25, 0.3) is 0 Å². The van der Waals surface area contributed by atoms with Crippen LogP contribution in [0.4, 0.5) is 5.82 Å². The number of hydrogen-bond donors (Lipinski definition) is 2. The van der Waals surface area contributed by atoms with Crippen LogP contribution in [0.15, 0.2) is 30.5 Å². The molecule has 2 fully saturated rings. The van der Waals surface area contributed by atoms with Crippen molar-refractivity contribution >= 4 is 29.2 Å². The van der Waals surface area contributed by atoms with Crippen molar-refractivity contribution in [3.63, 3.8) is 0 Å². The fourth-order valence-corrected chi connectivity index (χ4v) is 5.40. The lowest BCUT2D eigenvalue weighted by Gasteiger charge is -2.36. The zero-order valence-electron chi connectivity index (χ0n) is 22.2. The zero-order valence-corrected chi connectivity index (χ0v) is 23.0. The number of anilines is 1. The number of benzene rings is 1. The molecule has 0 saturated carbocycles. The van der Waals surface area contributed by atoms with Gasteiger partial charge >= 0.3 is 0 Å². The van der Waals surface area contributed by atoms with E-state index in [0.717, 1.165) is 37.3 Å². The standard InChI is InChI=1S/C28H38ClN5O4/c1-3-37-23-15-19(16-24(26(23)29)38-4-2)18-34(22-7-11-31-12-8-22)25-6-5-21(17-32-25)28(36)33-13-9-20(10-14-33)27(30)35/h5-6,15-17,20,22,31H,3-4,7-14,18H2,1-2H3,(H2,30,35). The lowest BCUT2D eigenvalue weighted by molar-refractivity contribution is -0.123. The molecule has 1 aromatic carbocycles. The Morgan fingerprint density at radius 2 is 1.71 bits per heavy atom. The summed E-state index contributed by atoms with van der Waals surface area (Å²) in [4.78, 5) is 33.4. The number of nitrogens with one attached hydrogen (secondary N) is 1. The third-order valence-corrected chi connectivity index (χ3v) is 7.61. The monoisotopic (exact) mass is 543 g/mol. The molecule has 2 aliphatic rings. The highest BCUT2D eigenvalue weighted by Crippen LogP contribution is 2.37. The summed E-state index contributed by atoms with van der Waals surface area (Å²) < 4.78 is 11.6. The molecular weight excluding hydrogens is 506 g/mol. The molecule has 38 heavy (non-hydrogen) atoms. The number of ether oxygens (including phenoxy) is 2. The number of likely N-dealkylation sites (tertiary alicyclic amines) is 1. The topological polar surface area (TPSA) is 110 Å². The number of carbonyl (C=O) groups is 2. The molecular formula is C28H38ClN5O4. The van der Waals surface area contributed by atoms with Crippen LogP contribution < -0.4 is 25.4 Å². The van der Waals surface area contributed by atoms with Gasteiger partial charge in [-0.15, -0.1) is 0 Å². The molecule has 4 rings (SSSR count). The first kappa shape index (κ1) is 28.0. The molecule has 2 amide bonds. The third kappa shape index (κ3) is 6.69. The summed E-state index contributed by atoms with van der Waals surface area (Å²) in [5, 5.41) is 3.91. The van der Waals surface area contributed by atoms with Crippen molar-refractivity contribution in [1.82, 2.24) is 15.2 Å². The Morgan fingerprint density at radius 1 is 1.08 bits per heavy atom. The molecule has 9 nitrogen and oxygen atoms in total. The number of carbonyl (C=O) groups excluding carboxylic acids is 2. The Hall–Kier alpha value is -3.04. The van der Waals surface area contributed by atoms with Crippen LogP contribution in [0.3, 0.4) is 0 Å². The summed E-state index contributed by atoms with van der Waals surface area (Å²) in [6.45, 7) is 8.39. The van der Waals surface area contributed by atoms with Crippen LogP contribution >= 0.6 is 11.6 Å². The SMILES string of the molecule is CCOc1cc(CN(c2ccc(C(=O)N3CCC(C(N)=O)CC3)cn2)C2CCNCC2)cc(OCC)c1Cl. The van der Waals surface area contributed by atoms with Gasteiger partial charge in [-0.3, -0.25) is 9.59 Å². The van der Waals surface area contributed by atoms with Gasteiger partial charge < -0.3 is 30.3 Å². The van der Waals surface area contributed by atoms with E-state index in [0.29, 0.717) is 73.8 Å². The largest absolute Gasteiger partial charge is 0.492 e.